The van der Waals surface area contributed by atoms with Crippen molar-refractivity contribution >= 4 is 34.1 Å². The van der Waals surface area contributed by atoms with Crippen molar-refractivity contribution in [2.75, 3.05) is 18.5 Å². The summed E-state index contributed by atoms with van der Waals surface area (Å²) in [5.41, 5.74) is 1.38. The van der Waals surface area contributed by atoms with Crippen molar-refractivity contribution in [2.45, 2.75) is 19.6 Å². The number of ether oxygens (including phenoxy) is 2. The minimum absolute atomic E-state index is 0.0103. The van der Waals surface area contributed by atoms with Gasteiger partial charge in [-0.3, -0.25) is 0 Å². The van der Waals surface area contributed by atoms with Crippen LogP contribution < -0.4 is 10.1 Å². The van der Waals surface area contributed by atoms with E-state index in [-0.39, 0.29) is 16.5 Å². The number of nitrogens with zero attached hydrogens (tertiary/aromatic N) is 4. The summed E-state index contributed by atoms with van der Waals surface area (Å²) in [4.78, 5) is 8.57. The highest BCUT2D eigenvalue weighted by atomic mass is 35.5. The van der Waals surface area contributed by atoms with Crippen LogP contribution in [0.25, 0.3) is 11.0 Å². The van der Waals surface area contributed by atoms with Gasteiger partial charge in [-0.05, 0) is 43.3 Å². The Balaban J connectivity index is 1.60. The van der Waals surface area contributed by atoms with Gasteiger partial charge in [0.1, 0.15) is 35.1 Å². The first-order valence-electron chi connectivity index (χ1n) is 10.5. The minimum atomic E-state index is -4.48. The third-order valence-corrected chi connectivity index (χ3v) is 5.34. The van der Waals surface area contributed by atoms with Gasteiger partial charge in [0, 0.05) is 24.9 Å². The van der Waals surface area contributed by atoms with E-state index in [1.807, 2.05) is 6.92 Å². The summed E-state index contributed by atoms with van der Waals surface area (Å²) >= 11 is 6.35. The number of hydrogen-bond donors (Lipinski definition) is 1. The summed E-state index contributed by atoms with van der Waals surface area (Å²) in [5.74, 6) is 0.656. The SMILES string of the molecule is CCOCCn1c(C#N)cc2ncnc(Nc3ccc(Oc4cccc(C(F)(F)F)c4)c(Cl)c3)c21. The van der Waals surface area contributed by atoms with E-state index in [1.165, 1.54) is 24.5 Å². The van der Waals surface area contributed by atoms with Crippen molar-refractivity contribution in [3.63, 3.8) is 0 Å². The van der Waals surface area contributed by atoms with Gasteiger partial charge >= 0.3 is 6.18 Å². The first-order valence-corrected chi connectivity index (χ1v) is 10.9. The number of hydrogen-bond acceptors (Lipinski definition) is 6. The molecule has 4 rings (SSSR count). The zero-order valence-electron chi connectivity index (χ0n) is 18.4. The van der Waals surface area contributed by atoms with Crippen LogP contribution in [-0.4, -0.2) is 27.7 Å². The van der Waals surface area contributed by atoms with Crippen molar-refractivity contribution < 1.29 is 22.6 Å². The van der Waals surface area contributed by atoms with Crippen LogP contribution in [0.3, 0.4) is 0 Å². The van der Waals surface area contributed by atoms with Crippen LogP contribution in [0.5, 0.6) is 11.5 Å². The second kappa shape index (κ2) is 10.2. The van der Waals surface area contributed by atoms with E-state index in [0.717, 1.165) is 12.1 Å². The van der Waals surface area contributed by atoms with Crippen LogP contribution in [0.4, 0.5) is 24.7 Å². The Hall–Kier alpha value is -3.81. The van der Waals surface area contributed by atoms with E-state index in [0.29, 0.717) is 48.0 Å². The molecule has 1 N–H and O–H groups in total. The van der Waals surface area contributed by atoms with Crippen molar-refractivity contribution in [3.8, 4) is 17.6 Å². The molecule has 35 heavy (non-hydrogen) atoms. The lowest BCUT2D eigenvalue weighted by molar-refractivity contribution is -0.137. The lowest BCUT2D eigenvalue weighted by Gasteiger charge is -2.13. The molecule has 0 aliphatic carbocycles. The van der Waals surface area contributed by atoms with Crippen LogP contribution in [0, 0.1) is 11.3 Å². The fourth-order valence-corrected chi connectivity index (χ4v) is 3.69. The van der Waals surface area contributed by atoms with E-state index in [1.54, 1.807) is 22.8 Å². The second-order valence-electron chi connectivity index (χ2n) is 7.34. The number of nitrogens with one attached hydrogen (secondary N) is 1. The number of alkyl halides is 3. The standard InChI is InChI=1S/C24H19ClF3N5O2/c1-2-34-9-8-33-17(13-29)12-20-22(33)23(31-14-30-20)32-16-6-7-21(19(25)11-16)35-18-5-3-4-15(10-18)24(26,27)28/h3-7,10-12,14H,2,8-9H2,1H3,(H,30,31,32). The normalized spacial score (nSPS) is 11.4. The topological polar surface area (TPSA) is 85.0 Å². The maximum atomic E-state index is 13.0. The summed E-state index contributed by atoms with van der Waals surface area (Å²) < 4.78 is 51.7. The van der Waals surface area contributed by atoms with Crippen LogP contribution in [0.15, 0.2) is 54.9 Å². The molecule has 0 saturated carbocycles. The summed E-state index contributed by atoms with van der Waals surface area (Å²) in [6.07, 6.45) is -3.10. The first kappa shape index (κ1) is 24.3. The number of benzene rings is 2. The molecular weight excluding hydrogens is 483 g/mol. The molecule has 0 fully saturated rings. The molecule has 2 aromatic heterocycles. The average molecular weight is 502 g/mol. The van der Waals surface area contributed by atoms with E-state index < -0.39 is 11.7 Å². The molecular formula is C24H19ClF3N5O2. The molecule has 0 aliphatic heterocycles. The second-order valence-corrected chi connectivity index (χ2v) is 7.75. The quantitative estimate of drug-likeness (QED) is 0.276. The predicted octanol–water partition coefficient (Wildman–Crippen LogP) is 6.55. The fraction of sp³-hybridized carbons (Fsp3) is 0.208. The Kier molecular flexibility index (Phi) is 7.10. The summed E-state index contributed by atoms with van der Waals surface area (Å²) in [6.45, 7) is 3.29. The summed E-state index contributed by atoms with van der Waals surface area (Å²) in [5, 5.41) is 12.9. The molecule has 0 radical (unpaired) electrons. The van der Waals surface area contributed by atoms with Gasteiger partial charge in [-0.1, -0.05) is 17.7 Å². The lowest BCUT2D eigenvalue weighted by Crippen LogP contribution is -2.09. The van der Waals surface area contributed by atoms with Gasteiger partial charge in [-0.25, -0.2) is 9.97 Å². The Morgan fingerprint density at radius 3 is 2.69 bits per heavy atom. The van der Waals surface area contributed by atoms with Crippen LogP contribution in [0.1, 0.15) is 18.2 Å². The zero-order chi connectivity index (χ0) is 25.0. The lowest BCUT2D eigenvalue weighted by atomic mass is 10.2. The Bertz CT molecular complexity index is 1400. The average Bonchev–Trinajstić information content (AvgIpc) is 3.19. The maximum absolute atomic E-state index is 13.0. The number of rotatable bonds is 8. The molecule has 0 bridgehead atoms. The smallest absolute Gasteiger partial charge is 0.416 e. The van der Waals surface area contributed by atoms with Gasteiger partial charge < -0.3 is 19.4 Å². The Labute approximate surface area is 203 Å². The van der Waals surface area contributed by atoms with Gasteiger partial charge in [0.05, 0.1) is 22.7 Å². The summed E-state index contributed by atoms with van der Waals surface area (Å²) in [6, 6.07) is 13.1. The van der Waals surface area contributed by atoms with Crippen LogP contribution in [0.2, 0.25) is 5.02 Å². The molecule has 2 heterocycles. The van der Waals surface area contributed by atoms with Gasteiger partial charge in [-0.2, -0.15) is 18.4 Å². The fourth-order valence-electron chi connectivity index (χ4n) is 3.47. The Morgan fingerprint density at radius 1 is 1.14 bits per heavy atom. The number of nitriles is 1. The minimum Gasteiger partial charge on any atom is -0.456 e. The van der Waals surface area contributed by atoms with Crippen molar-refractivity contribution in [2.24, 2.45) is 0 Å². The maximum Gasteiger partial charge on any atom is 0.416 e. The van der Waals surface area contributed by atoms with Crippen LogP contribution >= 0.6 is 11.6 Å². The van der Waals surface area contributed by atoms with Gasteiger partial charge in [0.25, 0.3) is 0 Å². The number of halogens is 4. The molecule has 0 amide bonds. The molecule has 11 heteroatoms. The molecule has 0 atom stereocenters. The molecule has 7 nitrogen and oxygen atoms in total. The number of fused-ring (bicyclic) bond motifs is 1. The third-order valence-electron chi connectivity index (χ3n) is 5.05. The summed E-state index contributed by atoms with van der Waals surface area (Å²) in [7, 11) is 0. The molecule has 2 aromatic carbocycles. The van der Waals surface area contributed by atoms with E-state index in [2.05, 4.69) is 21.4 Å². The van der Waals surface area contributed by atoms with Crippen molar-refractivity contribution in [1.29, 1.82) is 5.26 Å². The first-order chi connectivity index (χ1) is 16.8. The van der Waals surface area contributed by atoms with Crippen LogP contribution in [-0.2, 0) is 17.5 Å². The van der Waals surface area contributed by atoms with E-state index in [9.17, 15) is 18.4 Å². The highest BCUT2D eigenvalue weighted by molar-refractivity contribution is 6.32. The third kappa shape index (κ3) is 5.48. The molecule has 0 spiro atoms. The monoisotopic (exact) mass is 501 g/mol. The molecule has 4 aromatic rings. The molecule has 0 saturated heterocycles. The highest BCUT2D eigenvalue weighted by Crippen LogP contribution is 2.36. The molecule has 0 unspecified atom stereocenters. The van der Waals surface area contributed by atoms with Gasteiger partial charge in [0.2, 0.25) is 0 Å². The van der Waals surface area contributed by atoms with E-state index in [4.69, 9.17) is 21.1 Å². The van der Waals surface area contributed by atoms with Crippen molar-refractivity contribution in [3.05, 3.63) is 71.1 Å². The van der Waals surface area contributed by atoms with Gasteiger partial charge in [-0.15, -0.1) is 0 Å². The predicted molar refractivity (Wildman–Crippen MR) is 125 cm³/mol. The number of aromatic nitrogens is 3. The van der Waals surface area contributed by atoms with E-state index >= 15 is 0 Å². The van der Waals surface area contributed by atoms with Gasteiger partial charge in [0.15, 0.2) is 5.82 Å². The van der Waals surface area contributed by atoms with Crippen molar-refractivity contribution in [1.82, 2.24) is 14.5 Å². The molecule has 0 aliphatic rings. The Morgan fingerprint density at radius 2 is 1.97 bits per heavy atom. The zero-order valence-corrected chi connectivity index (χ0v) is 19.2. The largest absolute Gasteiger partial charge is 0.456 e. The number of anilines is 2. The highest BCUT2D eigenvalue weighted by Gasteiger charge is 2.30. The molecule has 180 valence electrons.